The normalized spacial score (nSPS) is 31.7. The van der Waals surface area contributed by atoms with Crippen LogP contribution < -0.4 is 10.6 Å². The van der Waals surface area contributed by atoms with Crippen molar-refractivity contribution in [2.24, 2.45) is 57.3 Å². The Morgan fingerprint density at radius 3 is 1.53 bits per heavy atom. The summed E-state index contributed by atoms with van der Waals surface area (Å²) in [6.07, 6.45) is 26.5. The van der Waals surface area contributed by atoms with Gasteiger partial charge in [-0.3, -0.25) is 9.59 Å². The van der Waals surface area contributed by atoms with Gasteiger partial charge in [-0.2, -0.15) is 4.99 Å². The van der Waals surface area contributed by atoms with Gasteiger partial charge in [0.05, 0.1) is 23.4 Å². The summed E-state index contributed by atoms with van der Waals surface area (Å²) in [6, 6.07) is 0.189. The molecule has 5 aliphatic carbocycles. The summed E-state index contributed by atoms with van der Waals surface area (Å²) < 4.78 is 22.4. The van der Waals surface area contributed by atoms with E-state index in [2.05, 4.69) is 48.3 Å². The lowest BCUT2D eigenvalue weighted by Crippen LogP contribution is -2.52. The molecule has 2 amide bonds. The highest BCUT2D eigenvalue weighted by atomic mass is 16.6. The van der Waals surface area contributed by atoms with Crippen molar-refractivity contribution in [2.75, 3.05) is 13.2 Å². The number of amides is 2. The zero-order valence-electron chi connectivity index (χ0n) is 41.0. The van der Waals surface area contributed by atoms with Gasteiger partial charge in [0.15, 0.2) is 0 Å². The highest BCUT2D eigenvalue weighted by Gasteiger charge is 2.40. The quantitative estimate of drug-likeness (QED) is 0.0391. The number of alkyl carbamates (subject to hydrolysis) is 2. The Balaban J connectivity index is 0.948. The Kier molecular flexibility index (Phi) is 20.8. The fraction of sp³-hybridized carbons (Fsp3) is 0.846. The minimum atomic E-state index is -0.752. The number of esters is 2. The molecule has 0 spiro atoms. The number of allylic oxidation sites excluding steroid dienone is 2. The lowest BCUT2D eigenvalue weighted by Gasteiger charge is -2.42. The first kappa shape index (κ1) is 52.9. The number of isocyanates is 2. The van der Waals surface area contributed by atoms with E-state index in [9.17, 15) is 28.8 Å². The van der Waals surface area contributed by atoms with Gasteiger partial charge in [-0.25, -0.2) is 24.2 Å². The van der Waals surface area contributed by atoms with Gasteiger partial charge in [-0.15, -0.1) is 0 Å². The molecule has 0 aromatic rings. The van der Waals surface area contributed by atoms with Crippen molar-refractivity contribution >= 4 is 36.3 Å². The van der Waals surface area contributed by atoms with E-state index < -0.39 is 53.7 Å². The summed E-state index contributed by atoms with van der Waals surface area (Å²) in [4.78, 5) is 82.3. The molecule has 370 valence electrons. The van der Waals surface area contributed by atoms with Crippen molar-refractivity contribution < 1.29 is 47.7 Å². The number of hydrogen-bond donors (Lipinski definition) is 2. The molecule has 5 rings (SSSR count). The van der Waals surface area contributed by atoms with Crippen LogP contribution in [0.4, 0.5) is 9.59 Å². The molecule has 4 saturated carbocycles. The number of aliphatic imine (C=N–C) groups is 2. The van der Waals surface area contributed by atoms with Crippen LogP contribution in [0, 0.1) is 47.3 Å². The van der Waals surface area contributed by atoms with Gasteiger partial charge in [0.2, 0.25) is 12.2 Å². The number of hydrogen-bond acceptors (Lipinski definition) is 12. The second-order valence-corrected chi connectivity index (χ2v) is 21.3. The van der Waals surface area contributed by atoms with Crippen LogP contribution >= 0.6 is 0 Å². The molecule has 6 unspecified atom stereocenters. The lowest BCUT2D eigenvalue weighted by atomic mass is 9.69. The molecule has 0 aromatic carbocycles. The second-order valence-electron chi connectivity index (χ2n) is 21.3. The summed E-state index contributed by atoms with van der Waals surface area (Å²) in [5, 5.41) is 6.16. The average Bonchev–Trinajstić information content (AvgIpc) is 3.31. The van der Waals surface area contributed by atoms with Crippen LogP contribution in [0.3, 0.4) is 0 Å². The highest BCUT2D eigenvalue weighted by molar-refractivity contribution is 5.83. The van der Waals surface area contributed by atoms with Crippen LogP contribution in [0.25, 0.3) is 0 Å². The van der Waals surface area contributed by atoms with Crippen LogP contribution in [0.5, 0.6) is 0 Å². The molecule has 5 aliphatic rings. The smallest absolute Gasteiger partial charge is 0.407 e. The van der Waals surface area contributed by atoms with Crippen molar-refractivity contribution in [3.05, 3.63) is 12.2 Å². The number of carbonyl (C=O) groups is 4. The van der Waals surface area contributed by atoms with Crippen LogP contribution in [0.2, 0.25) is 0 Å². The molecular formula is C52H82N4O10. The topological polar surface area (TPSA) is 188 Å². The standard InChI is InChI=1S/C52H82N4O10/c1-7-51(5,54-34-58)41-21-13-37(14-22-41)30-40-19-27-44(28-20-40)55-49(61)65-35(3)31-63-47(59)45-11-9-10-12-46(45)48(60)64-32-36(4)66-50(62)56-52(6,8-2)42-23-15-38(16-24-42)29-39-17-25-43(26-18-39)53-33-57/h9-10,35-46H,7-8,11-32H2,1-6H3,(H,55,61)(H,56,62). The van der Waals surface area contributed by atoms with Gasteiger partial charge in [-0.1, -0.05) is 51.7 Å². The minimum Gasteiger partial charge on any atom is -0.462 e. The van der Waals surface area contributed by atoms with Crippen LogP contribution in [-0.2, 0) is 38.1 Å². The summed E-state index contributed by atoms with van der Waals surface area (Å²) in [5.41, 5.74) is -0.723. The highest BCUT2D eigenvalue weighted by Crippen LogP contribution is 2.44. The number of rotatable bonds is 20. The predicted molar refractivity (Wildman–Crippen MR) is 251 cm³/mol. The molecule has 0 saturated heterocycles. The van der Waals surface area contributed by atoms with Gasteiger partial charge in [0.1, 0.15) is 25.4 Å². The molecule has 14 nitrogen and oxygen atoms in total. The van der Waals surface area contributed by atoms with Gasteiger partial charge in [-0.05, 0) is 179 Å². The van der Waals surface area contributed by atoms with E-state index in [1.807, 2.05) is 12.2 Å². The summed E-state index contributed by atoms with van der Waals surface area (Å²) in [6.45, 7) is 11.4. The van der Waals surface area contributed by atoms with Crippen molar-refractivity contribution in [3.8, 4) is 0 Å². The maximum Gasteiger partial charge on any atom is 0.407 e. The van der Waals surface area contributed by atoms with Crippen LogP contribution in [-0.4, -0.2) is 84.9 Å². The molecule has 0 heterocycles. The lowest BCUT2D eigenvalue weighted by molar-refractivity contribution is -0.163. The number of ether oxygens (including phenoxy) is 4. The Hall–Kier alpha value is -4.02. The van der Waals surface area contributed by atoms with E-state index in [1.54, 1.807) is 26.0 Å². The zero-order valence-corrected chi connectivity index (χ0v) is 41.0. The Labute approximate surface area is 394 Å². The van der Waals surface area contributed by atoms with Gasteiger partial charge < -0.3 is 29.6 Å². The average molecular weight is 923 g/mol. The third-order valence-electron chi connectivity index (χ3n) is 16.7. The van der Waals surface area contributed by atoms with Crippen molar-refractivity contribution in [2.45, 2.75) is 218 Å². The van der Waals surface area contributed by atoms with E-state index in [-0.39, 0.29) is 30.8 Å². The maximum absolute atomic E-state index is 13.3. The molecule has 0 aromatic heterocycles. The molecule has 0 aliphatic heterocycles. The van der Waals surface area contributed by atoms with E-state index in [4.69, 9.17) is 18.9 Å². The maximum atomic E-state index is 13.3. The number of nitrogens with zero attached hydrogens (tertiary/aromatic N) is 2. The number of carbonyl (C=O) groups excluding carboxylic acids is 6. The Morgan fingerprint density at radius 1 is 0.621 bits per heavy atom. The Bertz CT molecular complexity index is 1700. The van der Waals surface area contributed by atoms with E-state index >= 15 is 0 Å². The zero-order chi connectivity index (χ0) is 47.7. The first-order valence-corrected chi connectivity index (χ1v) is 25.8. The van der Waals surface area contributed by atoms with Crippen molar-refractivity contribution in [1.29, 1.82) is 0 Å². The monoisotopic (exact) mass is 923 g/mol. The first-order chi connectivity index (χ1) is 31.7. The fourth-order valence-electron chi connectivity index (χ4n) is 12.0. The van der Waals surface area contributed by atoms with Crippen LogP contribution in [0.15, 0.2) is 22.1 Å². The largest absolute Gasteiger partial charge is 0.462 e. The van der Waals surface area contributed by atoms with Gasteiger partial charge in [0, 0.05) is 11.6 Å². The first-order valence-electron chi connectivity index (χ1n) is 25.8. The SMILES string of the molecule is CCC(C)(N=C=O)C1CCC(CC2CCC(NC(=O)OC(C)COC(=O)C3CC=CCC3C(=O)OCC(C)OC(=O)NC(C)(CC)C3CCC(CC4CCC(N=C=O)CC4)CC3)CC2)CC1. The molecule has 4 fully saturated rings. The molecule has 0 radical (unpaired) electrons. The van der Waals surface area contributed by atoms with Crippen LogP contribution in [0.1, 0.15) is 183 Å². The van der Waals surface area contributed by atoms with Crippen molar-refractivity contribution in [1.82, 2.24) is 10.6 Å². The minimum absolute atomic E-state index is 0.0421. The molecule has 66 heavy (non-hydrogen) atoms. The van der Waals surface area contributed by atoms with E-state index in [0.717, 1.165) is 103 Å². The molecular weight excluding hydrogens is 841 g/mol. The molecule has 2 N–H and O–H groups in total. The molecule has 14 heteroatoms. The van der Waals surface area contributed by atoms with E-state index in [1.165, 1.54) is 25.7 Å². The molecule has 6 atom stereocenters. The fourth-order valence-corrected chi connectivity index (χ4v) is 12.0. The van der Waals surface area contributed by atoms with Gasteiger partial charge >= 0.3 is 24.1 Å². The van der Waals surface area contributed by atoms with Crippen molar-refractivity contribution in [3.63, 3.8) is 0 Å². The van der Waals surface area contributed by atoms with E-state index in [0.29, 0.717) is 48.3 Å². The summed E-state index contributed by atoms with van der Waals surface area (Å²) in [7, 11) is 0. The second kappa shape index (κ2) is 25.9. The Morgan fingerprint density at radius 2 is 1.08 bits per heavy atom. The third kappa shape index (κ3) is 15.8. The molecule has 0 bridgehead atoms. The number of nitrogens with one attached hydrogen (secondary N) is 2. The summed E-state index contributed by atoms with van der Waals surface area (Å²) in [5.74, 6) is 0.885. The predicted octanol–water partition coefficient (Wildman–Crippen LogP) is 10.4. The van der Waals surface area contributed by atoms with Gasteiger partial charge in [0.25, 0.3) is 0 Å². The third-order valence-corrected chi connectivity index (χ3v) is 16.7. The summed E-state index contributed by atoms with van der Waals surface area (Å²) >= 11 is 0.